The third-order valence-corrected chi connectivity index (χ3v) is 6.53. The van der Waals surface area contributed by atoms with Crippen molar-refractivity contribution in [1.29, 1.82) is 5.26 Å². The van der Waals surface area contributed by atoms with Crippen LogP contribution in [0.4, 0.5) is 0 Å². The number of likely N-dealkylation sites (tertiary alicyclic amines) is 1. The summed E-state index contributed by atoms with van der Waals surface area (Å²) in [6.07, 6.45) is 3.08. The molecule has 3 heterocycles. The first-order valence-corrected chi connectivity index (χ1v) is 11.2. The number of piperidine rings is 1. The molecule has 0 unspecified atom stereocenters. The molecular formula is C22H23N7O2S. The molecule has 0 radical (unpaired) electrons. The van der Waals surface area contributed by atoms with E-state index in [1.807, 2.05) is 24.4 Å². The Morgan fingerprint density at radius 1 is 1.31 bits per heavy atom. The van der Waals surface area contributed by atoms with Crippen LogP contribution in [0.15, 0.2) is 35.8 Å². The van der Waals surface area contributed by atoms with Crippen LogP contribution in [0.25, 0.3) is 11.3 Å². The highest BCUT2D eigenvalue weighted by Crippen LogP contribution is 2.26. The lowest BCUT2D eigenvalue weighted by Crippen LogP contribution is -2.51. The highest BCUT2D eigenvalue weighted by Gasteiger charge is 2.36. The fourth-order valence-electron chi connectivity index (χ4n) is 3.91. The van der Waals surface area contributed by atoms with Crippen molar-refractivity contribution in [2.75, 3.05) is 6.54 Å². The summed E-state index contributed by atoms with van der Waals surface area (Å²) in [6, 6.07) is 9.11. The number of thiazole rings is 1. The lowest BCUT2D eigenvalue weighted by atomic mass is 9.89. The van der Waals surface area contributed by atoms with Gasteiger partial charge in [0.1, 0.15) is 5.01 Å². The second-order valence-electron chi connectivity index (χ2n) is 7.80. The third kappa shape index (κ3) is 4.53. The number of rotatable bonds is 5. The Hall–Kier alpha value is -3.58. The quantitative estimate of drug-likeness (QED) is 0.639. The number of hydrogen-bond acceptors (Lipinski definition) is 7. The monoisotopic (exact) mass is 449 g/mol. The van der Waals surface area contributed by atoms with E-state index in [-0.39, 0.29) is 23.8 Å². The Morgan fingerprint density at radius 3 is 2.78 bits per heavy atom. The van der Waals surface area contributed by atoms with Gasteiger partial charge in [-0.25, -0.2) is 4.98 Å². The maximum absolute atomic E-state index is 12.9. The Kier molecular flexibility index (Phi) is 6.28. The van der Waals surface area contributed by atoms with Crippen LogP contribution >= 0.6 is 11.3 Å². The summed E-state index contributed by atoms with van der Waals surface area (Å²) in [6.45, 7) is 2.84. The number of amides is 2. The van der Waals surface area contributed by atoms with E-state index in [0.717, 1.165) is 29.1 Å². The van der Waals surface area contributed by atoms with Crippen molar-refractivity contribution in [2.45, 2.75) is 32.4 Å². The van der Waals surface area contributed by atoms with Crippen molar-refractivity contribution in [3.63, 3.8) is 0 Å². The summed E-state index contributed by atoms with van der Waals surface area (Å²) < 4.78 is 1.49. The maximum atomic E-state index is 12.9. The highest BCUT2D eigenvalue weighted by atomic mass is 32.1. The lowest BCUT2D eigenvalue weighted by molar-refractivity contribution is -0.128. The second kappa shape index (κ2) is 9.28. The minimum absolute atomic E-state index is 0.0794. The number of carbonyl (C=O) groups is 2. The zero-order valence-electron chi connectivity index (χ0n) is 17.9. The van der Waals surface area contributed by atoms with Crippen LogP contribution in [-0.4, -0.2) is 49.3 Å². The van der Waals surface area contributed by atoms with E-state index in [4.69, 9.17) is 5.26 Å². The Balaban J connectivity index is 1.37. The first-order chi connectivity index (χ1) is 15.5. The number of aromatic nitrogens is 4. The van der Waals surface area contributed by atoms with E-state index in [1.54, 1.807) is 30.3 Å². The summed E-state index contributed by atoms with van der Waals surface area (Å²) in [5.74, 6) is -0.568. The molecule has 1 aromatic carbocycles. The minimum Gasteiger partial charge on any atom is -0.349 e. The molecule has 2 atom stereocenters. The molecule has 9 nitrogen and oxygen atoms in total. The standard InChI is InChI=1S/C22H23N7O2S/c1-14-17(4-3-9-29(14)22(31)18-12-28(2)27-26-18)21(30)24-11-20-25-19(13-32-20)16-7-5-15(10-23)6-8-16/h5-8,12-14,17H,3-4,9,11H2,1-2H3,(H,24,30)/t14-,17-/m0/s1. The summed E-state index contributed by atoms with van der Waals surface area (Å²) in [5.41, 5.74) is 2.64. The molecule has 32 heavy (non-hydrogen) atoms. The summed E-state index contributed by atoms with van der Waals surface area (Å²) >= 11 is 1.48. The molecule has 10 heteroatoms. The lowest BCUT2D eigenvalue weighted by Gasteiger charge is -2.38. The van der Waals surface area contributed by atoms with Crippen molar-refractivity contribution in [3.8, 4) is 17.3 Å². The molecule has 0 saturated carbocycles. The minimum atomic E-state index is -0.290. The van der Waals surface area contributed by atoms with Gasteiger partial charge in [-0.05, 0) is 31.9 Å². The molecule has 0 aliphatic carbocycles. The average Bonchev–Trinajstić information content (AvgIpc) is 3.46. The van der Waals surface area contributed by atoms with E-state index in [9.17, 15) is 9.59 Å². The molecule has 2 aromatic heterocycles. The molecule has 1 aliphatic heterocycles. The Bertz CT molecular complexity index is 1160. The van der Waals surface area contributed by atoms with Gasteiger partial charge in [-0.3, -0.25) is 14.3 Å². The van der Waals surface area contributed by atoms with E-state index in [1.165, 1.54) is 16.0 Å². The smallest absolute Gasteiger partial charge is 0.276 e. The fraction of sp³-hybridized carbons (Fsp3) is 0.364. The van der Waals surface area contributed by atoms with Crippen molar-refractivity contribution in [2.24, 2.45) is 13.0 Å². The fourth-order valence-corrected chi connectivity index (χ4v) is 4.65. The topological polar surface area (TPSA) is 117 Å². The van der Waals surface area contributed by atoms with Crippen molar-refractivity contribution >= 4 is 23.2 Å². The number of benzene rings is 1. The number of aryl methyl sites for hydroxylation is 1. The first-order valence-electron chi connectivity index (χ1n) is 10.4. The van der Waals surface area contributed by atoms with Crippen LogP contribution in [0.2, 0.25) is 0 Å². The number of hydrogen-bond donors (Lipinski definition) is 1. The molecule has 164 valence electrons. The molecule has 2 amide bonds. The van der Waals surface area contributed by atoms with Crippen molar-refractivity contribution < 1.29 is 9.59 Å². The van der Waals surface area contributed by atoms with Gasteiger partial charge in [-0.2, -0.15) is 5.26 Å². The molecule has 1 fully saturated rings. The first kappa shape index (κ1) is 21.6. The normalized spacial score (nSPS) is 18.2. The summed E-state index contributed by atoms with van der Waals surface area (Å²) in [7, 11) is 1.71. The highest BCUT2D eigenvalue weighted by molar-refractivity contribution is 7.09. The molecule has 3 aromatic rings. The SMILES string of the molecule is C[C@H]1[C@@H](C(=O)NCc2nc(-c3ccc(C#N)cc3)cs2)CCCN1C(=O)c1cn(C)nn1. The van der Waals surface area contributed by atoms with Gasteiger partial charge in [-0.15, -0.1) is 16.4 Å². The van der Waals surface area contributed by atoms with E-state index >= 15 is 0 Å². The third-order valence-electron chi connectivity index (χ3n) is 5.68. The zero-order chi connectivity index (χ0) is 22.7. The van der Waals surface area contributed by atoms with Gasteiger partial charge in [0.05, 0.1) is 36.0 Å². The summed E-state index contributed by atoms with van der Waals surface area (Å²) in [5, 5.41) is 22.4. The van der Waals surface area contributed by atoms with Crippen molar-refractivity contribution in [3.05, 3.63) is 52.1 Å². The van der Waals surface area contributed by atoms with E-state index < -0.39 is 0 Å². The maximum Gasteiger partial charge on any atom is 0.276 e. The van der Waals surface area contributed by atoms with E-state index in [0.29, 0.717) is 24.3 Å². The number of nitrogens with one attached hydrogen (secondary N) is 1. The number of nitrogens with zero attached hydrogens (tertiary/aromatic N) is 6. The number of carbonyl (C=O) groups excluding carboxylic acids is 2. The zero-order valence-corrected chi connectivity index (χ0v) is 18.7. The molecule has 1 saturated heterocycles. The van der Waals surface area contributed by atoms with Crippen LogP contribution in [0, 0.1) is 17.2 Å². The predicted molar refractivity (Wildman–Crippen MR) is 118 cm³/mol. The number of nitriles is 1. The van der Waals surface area contributed by atoms with Gasteiger partial charge in [0.25, 0.3) is 5.91 Å². The van der Waals surface area contributed by atoms with Gasteiger partial charge in [-0.1, -0.05) is 17.3 Å². The van der Waals surface area contributed by atoms with Gasteiger partial charge >= 0.3 is 0 Å². The van der Waals surface area contributed by atoms with Crippen LogP contribution < -0.4 is 5.32 Å². The molecule has 1 N–H and O–H groups in total. The Morgan fingerprint density at radius 2 is 2.09 bits per heavy atom. The molecule has 1 aliphatic rings. The van der Waals surface area contributed by atoms with Crippen LogP contribution in [0.3, 0.4) is 0 Å². The van der Waals surface area contributed by atoms with Crippen LogP contribution in [-0.2, 0) is 18.4 Å². The molecule has 0 spiro atoms. The second-order valence-corrected chi connectivity index (χ2v) is 8.74. The van der Waals surface area contributed by atoms with Crippen molar-refractivity contribution in [1.82, 2.24) is 30.2 Å². The van der Waals surface area contributed by atoms with Gasteiger partial charge in [0.15, 0.2) is 5.69 Å². The average molecular weight is 450 g/mol. The summed E-state index contributed by atoms with van der Waals surface area (Å²) in [4.78, 5) is 32.0. The van der Waals surface area contributed by atoms with Gasteiger partial charge < -0.3 is 10.2 Å². The molecule has 4 rings (SSSR count). The predicted octanol–water partition coefficient (Wildman–Crippen LogP) is 2.37. The van der Waals surface area contributed by atoms with Gasteiger partial charge in [0, 0.05) is 30.6 Å². The van der Waals surface area contributed by atoms with Crippen LogP contribution in [0.1, 0.15) is 40.8 Å². The van der Waals surface area contributed by atoms with Crippen LogP contribution in [0.5, 0.6) is 0 Å². The molecular weight excluding hydrogens is 426 g/mol. The molecule has 0 bridgehead atoms. The Labute approximate surface area is 189 Å². The van der Waals surface area contributed by atoms with Gasteiger partial charge in [0.2, 0.25) is 5.91 Å². The van der Waals surface area contributed by atoms with E-state index in [2.05, 4.69) is 26.7 Å². The largest absolute Gasteiger partial charge is 0.349 e.